The van der Waals surface area contributed by atoms with E-state index in [0.29, 0.717) is 10.8 Å². The van der Waals surface area contributed by atoms with Gasteiger partial charge in [-0.3, -0.25) is 0 Å². The molecule has 0 aliphatic heterocycles. The fraction of sp³-hybridized carbons (Fsp3) is 0.250. The molecule has 2 aliphatic carbocycles. The first-order valence-corrected chi connectivity index (χ1v) is 13.9. The maximum absolute atomic E-state index is 3.58. The molecule has 1 nitrogen and oxygen atoms in total. The Kier molecular flexibility index (Phi) is 5.50. The van der Waals surface area contributed by atoms with Gasteiger partial charge in [0, 0.05) is 26.0 Å². The van der Waals surface area contributed by atoms with Gasteiger partial charge in [0.25, 0.3) is 0 Å². The summed E-state index contributed by atoms with van der Waals surface area (Å²) in [6.45, 7) is 7.15. The quantitative estimate of drug-likeness (QED) is 0.230. The lowest BCUT2D eigenvalue weighted by Gasteiger charge is -2.28. The molecule has 176 valence electrons. The maximum atomic E-state index is 3.58. The van der Waals surface area contributed by atoms with E-state index in [0.717, 1.165) is 20.3 Å². The minimum Gasteiger partial charge on any atom is -0.310 e. The first kappa shape index (κ1) is 23.1. The molecular formula is C32H29Br2N. The number of fused-ring (bicyclic) bond motifs is 5. The van der Waals surface area contributed by atoms with E-state index in [4.69, 9.17) is 0 Å². The van der Waals surface area contributed by atoms with Gasteiger partial charge < -0.3 is 4.90 Å². The summed E-state index contributed by atoms with van der Waals surface area (Å²) in [4.78, 5) is 2.33. The van der Waals surface area contributed by atoms with Crippen molar-refractivity contribution in [1.82, 2.24) is 0 Å². The maximum Gasteiger partial charge on any atom is 0.0491 e. The zero-order chi connectivity index (χ0) is 24.4. The fourth-order valence-corrected chi connectivity index (χ4v) is 7.02. The van der Waals surface area contributed by atoms with Crippen LogP contribution in [0.15, 0.2) is 93.9 Å². The Morgan fingerprint density at radius 2 is 1.14 bits per heavy atom. The van der Waals surface area contributed by atoms with Crippen LogP contribution in [0.5, 0.6) is 0 Å². The first-order valence-electron chi connectivity index (χ1n) is 12.3. The van der Waals surface area contributed by atoms with Crippen LogP contribution in [0, 0.1) is 6.92 Å². The highest BCUT2D eigenvalue weighted by Gasteiger charge is 2.52. The van der Waals surface area contributed by atoms with E-state index in [9.17, 15) is 0 Å². The Balaban J connectivity index is 1.42. The number of nitrogens with zero attached hydrogens (tertiary/aromatic N) is 1. The van der Waals surface area contributed by atoms with Crippen molar-refractivity contribution in [1.29, 1.82) is 0 Å². The van der Waals surface area contributed by atoms with Gasteiger partial charge >= 0.3 is 0 Å². The summed E-state index contributed by atoms with van der Waals surface area (Å²) in [6, 6.07) is 31.2. The lowest BCUT2D eigenvalue weighted by atomic mass is 9.77. The molecule has 0 aromatic heterocycles. The van der Waals surface area contributed by atoms with Crippen molar-refractivity contribution >= 4 is 48.9 Å². The number of hydrogen-bond acceptors (Lipinski definition) is 1. The highest BCUT2D eigenvalue weighted by atomic mass is 79.9. The lowest BCUT2D eigenvalue weighted by molar-refractivity contribution is 0.484. The predicted molar refractivity (Wildman–Crippen MR) is 155 cm³/mol. The second kappa shape index (κ2) is 8.35. The smallest absolute Gasteiger partial charge is 0.0491 e. The van der Waals surface area contributed by atoms with Crippen LogP contribution in [0.25, 0.3) is 11.1 Å². The fourth-order valence-electron chi connectivity index (χ4n) is 6.49. The van der Waals surface area contributed by atoms with Crippen LogP contribution >= 0.6 is 31.9 Å². The first-order chi connectivity index (χ1) is 16.8. The number of hydrogen-bond donors (Lipinski definition) is 0. The van der Waals surface area contributed by atoms with Crippen LogP contribution < -0.4 is 4.90 Å². The van der Waals surface area contributed by atoms with Crippen molar-refractivity contribution in [2.45, 2.75) is 50.9 Å². The zero-order valence-electron chi connectivity index (χ0n) is 20.4. The minimum atomic E-state index is 0.342. The van der Waals surface area contributed by atoms with Gasteiger partial charge in [-0.1, -0.05) is 70.0 Å². The highest BCUT2D eigenvalue weighted by molar-refractivity contribution is 9.10. The normalized spacial score (nSPS) is 22.3. The molecule has 2 unspecified atom stereocenters. The lowest BCUT2D eigenvalue weighted by Crippen LogP contribution is -2.17. The molecule has 0 amide bonds. The Morgan fingerprint density at radius 1 is 0.629 bits per heavy atom. The average molecular weight is 587 g/mol. The summed E-state index contributed by atoms with van der Waals surface area (Å²) in [7, 11) is 0. The third-order valence-corrected chi connectivity index (χ3v) is 9.33. The van der Waals surface area contributed by atoms with Gasteiger partial charge in [0.05, 0.1) is 0 Å². The number of aryl methyl sites for hydroxylation is 1. The van der Waals surface area contributed by atoms with Crippen LogP contribution in [-0.4, -0.2) is 0 Å². The number of benzene rings is 4. The Hall–Kier alpha value is -2.36. The van der Waals surface area contributed by atoms with E-state index in [1.165, 1.54) is 41.6 Å². The second-order valence-corrected chi connectivity index (χ2v) is 12.7. The van der Waals surface area contributed by atoms with Crippen LogP contribution in [0.3, 0.4) is 0 Å². The van der Waals surface area contributed by atoms with Gasteiger partial charge in [-0.2, -0.15) is 0 Å². The predicted octanol–water partition coefficient (Wildman–Crippen LogP) is 10.4. The number of rotatable bonds is 4. The van der Waals surface area contributed by atoms with Gasteiger partial charge in [-0.15, -0.1) is 0 Å². The largest absolute Gasteiger partial charge is 0.310 e. The van der Waals surface area contributed by atoms with E-state index in [1.807, 2.05) is 0 Å². The number of anilines is 3. The van der Waals surface area contributed by atoms with E-state index in [2.05, 4.69) is 142 Å². The summed E-state index contributed by atoms with van der Waals surface area (Å²) >= 11 is 7.16. The van der Waals surface area contributed by atoms with Gasteiger partial charge in [-0.05, 0) is 125 Å². The molecule has 2 bridgehead atoms. The molecule has 0 N–H and O–H groups in total. The Bertz CT molecular complexity index is 1380. The summed E-state index contributed by atoms with van der Waals surface area (Å²) in [5.74, 6) is 0. The van der Waals surface area contributed by atoms with E-state index in [1.54, 1.807) is 11.1 Å². The number of halogens is 2. The average Bonchev–Trinajstić information content (AvgIpc) is 3.29. The molecule has 1 saturated carbocycles. The molecule has 0 radical (unpaired) electrons. The monoisotopic (exact) mass is 585 g/mol. The topological polar surface area (TPSA) is 3.24 Å². The van der Waals surface area contributed by atoms with Crippen LogP contribution in [-0.2, 0) is 10.8 Å². The van der Waals surface area contributed by atoms with Gasteiger partial charge in [0.15, 0.2) is 0 Å². The van der Waals surface area contributed by atoms with Crippen molar-refractivity contribution in [3.63, 3.8) is 0 Å². The van der Waals surface area contributed by atoms with Crippen LogP contribution in [0.2, 0.25) is 0 Å². The molecule has 2 atom stereocenters. The molecular weight excluding hydrogens is 558 g/mol. The van der Waals surface area contributed by atoms with Crippen molar-refractivity contribution in [3.8, 4) is 11.1 Å². The third-order valence-electron chi connectivity index (χ3n) is 8.27. The molecule has 0 saturated heterocycles. The molecule has 6 rings (SSSR count). The summed E-state index contributed by atoms with van der Waals surface area (Å²) < 4.78 is 2.16. The highest BCUT2D eigenvalue weighted by Crippen LogP contribution is 2.60. The van der Waals surface area contributed by atoms with Gasteiger partial charge in [-0.25, -0.2) is 0 Å². The van der Waals surface area contributed by atoms with Crippen molar-refractivity contribution in [2.24, 2.45) is 0 Å². The molecule has 2 aliphatic rings. The summed E-state index contributed by atoms with van der Waals surface area (Å²) in [5, 5.41) is 0. The standard InChI is InChI=1S/C32H29Br2N/c1-21-18-22(23-4-14-28-29(19-23)32(3)17-16-31(28,2)20-32)5-15-30(21)35(26-10-6-24(33)7-11-26)27-12-8-25(34)9-13-27/h4-15,18-19H,16-17,20H2,1-3H3. The minimum absolute atomic E-state index is 0.342. The summed E-state index contributed by atoms with van der Waals surface area (Å²) in [6.07, 6.45) is 3.94. The van der Waals surface area contributed by atoms with Gasteiger partial charge in [0.1, 0.15) is 0 Å². The van der Waals surface area contributed by atoms with Crippen LogP contribution in [0.1, 0.15) is 49.8 Å². The third kappa shape index (κ3) is 3.88. The van der Waals surface area contributed by atoms with E-state index < -0.39 is 0 Å². The SMILES string of the molecule is Cc1cc(-c2ccc3c(c2)C2(C)CCC3(C)C2)ccc1N(c1ccc(Br)cc1)c1ccc(Br)cc1. The zero-order valence-corrected chi connectivity index (χ0v) is 23.6. The Labute approximate surface area is 225 Å². The van der Waals surface area contributed by atoms with Crippen molar-refractivity contribution < 1.29 is 0 Å². The summed E-state index contributed by atoms with van der Waals surface area (Å²) in [5.41, 5.74) is 11.2. The Morgan fingerprint density at radius 3 is 1.71 bits per heavy atom. The molecule has 0 heterocycles. The van der Waals surface area contributed by atoms with E-state index in [-0.39, 0.29) is 0 Å². The molecule has 1 fully saturated rings. The van der Waals surface area contributed by atoms with Crippen molar-refractivity contribution in [2.75, 3.05) is 4.90 Å². The molecule has 4 aromatic rings. The van der Waals surface area contributed by atoms with Crippen LogP contribution in [0.4, 0.5) is 17.1 Å². The molecule has 35 heavy (non-hydrogen) atoms. The van der Waals surface area contributed by atoms with E-state index >= 15 is 0 Å². The van der Waals surface area contributed by atoms with Gasteiger partial charge in [0.2, 0.25) is 0 Å². The molecule has 3 heteroatoms. The molecule has 4 aromatic carbocycles. The molecule has 0 spiro atoms. The van der Waals surface area contributed by atoms with Crippen molar-refractivity contribution in [3.05, 3.63) is 111 Å². The second-order valence-electron chi connectivity index (χ2n) is 10.8.